The molecule has 62 valence electrons. The molecule has 2 heteroatoms. The van der Waals surface area contributed by atoms with E-state index in [4.69, 9.17) is 0 Å². The van der Waals surface area contributed by atoms with Crippen LogP contribution in [0.1, 0.15) is 20.3 Å². The minimum absolute atomic E-state index is 0.147. The predicted octanol–water partition coefficient (Wildman–Crippen LogP) is 1.64. The normalized spacial score (nSPS) is 11.1. The maximum Gasteiger partial charge on any atom is 0.148 e. The van der Waals surface area contributed by atoms with E-state index in [2.05, 4.69) is 12.2 Å². The minimum Gasteiger partial charge on any atom is -0.384 e. The van der Waals surface area contributed by atoms with Crippen LogP contribution in [0.2, 0.25) is 0 Å². The third-order valence-electron chi connectivity index (χ3n) is 1.05. The average molecular weight is 153 g/mol. The molecule has 2 nitrogen and oxygen atoms in total. The molecule has 0 aromatic carbocycles. The molecule has 0 saturated carbocycles. The topological polar surface area (TPSA) is 29.1 Å². The van der Waals surface area contributed by atoms with E-state index in [1.54, 1.807) is 13.1 Å². The second-order valence-corrected chi connectivity index (χ2v) is 2.28. The van der Waals surface area contributed by atoms with Gasteiger partial charge in [-0.1, -0.05) is 19.1 Å². The zero-order chi connectivity index (χ0) is 8.53. The van der Waals surface area contributed by atoms with Gasteiger partial charge in [-0.15, -0.1) is 0 Å². The number of carbonyl (C=O) groups is 1. The molecule has 0 aliphatic carbocycles. The molecular formula is C9H15NO. The molecule has 0 aromatic rings. The summed E-state index contributed by atoms with van der Waals surface area (Å²) < 4.78 is 0. The van der Waals surface area contributed by atoms with Gasteiger partial charge in [0.2, 0.25) is 0 Å². The van der Waals surface area contributed by atoms with Gasteiger partial charge in [-0.25, -0.2) is 0 Å². The number of ketones is 1. The molecule has 0 atom stereocenters. The molecule has 0 aliphatic heterocycles. The van der Waals surface area contributed by atoms with Crippen molar-refractivity contribution in [2.24, 2.45) is 0 Å². The Morgan fingerprint density at radius 2 is 2.18 bits per heavy atom. The largest absolute Gasteiger partial charge is 0.384 e. The van der Waals surface area contributed by atoms with Crippen molar-refractivity contribution in [1.82, 2.24) is 5.32 Å². The maximum atomic E-state index is 10.4. The van der Waals surface area contributed by atoms with E-state index in [0.717, 1.165) is 6.42 Å². The van der Waals surface area contributed by atoms with E-state index in [0.29, 0.717) is 6.54 Å². The zero-order valence-electron chi connectivity index (χ0n) is 7.13. The van der Waals surface area contributed by atoms with Crippen molar-refractivity contribution in [1.29, 1.82) is 0 Å². The first-order valence-corrected chi connectivity index (χ1v) is 3.82. The Kier molecular flexibility index (Phi) is 6.39. The lowest BCUT2D eigenvalue weighted by molar-refractivity contribution is -0.116. The van der Waals surface area contributed by atoms with Crippen molar-refractivity contribution in [3.63, 3.8) is 0 Å². The highest BCUT2D eigenvalue weighted by Crippen LogP contribution is 1.79. The Hall–Kier alpha value is -1.05. The van der Waals surface area contributed by atoms with Gasteiger partial charge in [0, 0.05) is 0 Å². The summed E-state index contributed by atoms with van der Waals surface area (Å²) >= 11 is 0. The molecule has 0 heterocycles. The lowest BCUT2D eigenvalue weighted by Crippen LogP contribution is -2.14. The summed E-state index contributed by atoms with van der Waals surface area (Å²) in [5, 5.41) is 2.86. The maximum absolute atomic E-state index is 10.4. The van der Waals surface area contributed by atoms with Crippen LogP contribution in [0.5, 0.6) is 0 Å². The van der Waals surface area contributed by atoms with Crippen LogP contribution in [-0.2, 0) is 4.79 Å². The van der Waals surface area contributed by atoms with Gasteiger partial charge in [0.25, 0.3) is 0 Å². The first kappa shape index (κ1) is 9.95. The van der Waals surface area contributed by atoms with Gasteiger partial charge >= 0.3 is 0 Å². The van der Waals surface area contributed by atoms with Crippen molar-refractivity contribution >= 4 is 5.78 Å². The van der Waals surface area contributed by atoms with Crippen LogP contribution < -0.4 is 5.32 Å². The summed E-state index contributed by atoms with van der Waals surface area (Å²) in [6.07, 6.45) is 8.69. The lowest BCUT2D eigenvalue weighted by atomic mass is 10.4. The average Bonchev–Trinajstić information content (AvgIpc) is 1.96. The number of Topliss-reactive ketones (excluding diaryl/α,β-unsaturated/α-hetero) is 1. The summed E-state index contributed by atoms with van der Waals surface area (Å²) in [6.45, 7) is 4.05. The number of allylic oxidation sites excluding steroid dienone is 3. The molecule has 11 heavy (non-hydrogen) atoms. The molecule has 0 fully saturated rings. The molecule has 0 aliphatic rings. The Bertz CT molecular complexity index is 159. The zero-order valence-corrected chi connectivity index (χ0v) is 7.13. The van der Waals surface area contributed by atoms with E-state index in [1.807, 2.05) is 18.2 Å². The third kappa shape index (κ3) is 8.95. The van der Waals surface area contributed by atoms with Crippen LogP contribution in [0.3, 0.4) is 0 Å². The smallest absolute Gasteiger partial charge is 0.148 e. The quantitative estimate of drug-likeness (QED) is 0.608. The number of nitrogens with one attached hydrogen (secondary N) is 1. The fraction of sp³-hybridized carbons (Fsp3) is 0.444. The molecule has 0 aromatic heterocycles. The van der Waals surface area contributed by atoms with Crippen LogP contribution in [-0.4, -0.2) is 12.3 Å². The summed E-state index contributed by atoms with van der Waals surface area (Å²) in [6, 6.07) is 0. The van der Waals surface area contributed by atoms with Crippen molar-refractivity contribution in [3.05, 3.63) is 24.4 Å². The fourth-order valence-electron chi connectivity index (χ4n) is 0.541. The van der Waals surface area contributed by atoms with Crippen LogP contribution in [0.4, 0.5) is 0 Å². The second kappa shape index (κ2) is 7.06. The highest BCUT2D eigenvalue weighted by Gasteiger charge is 1.84. The van der Waals surface area contributed by atoms with Gasteiger partial charge in [0.1, 0.15) is 5.78 Å². The van der Waals surface area contributed by atoms with Crippen molar-refractivity contribution < 1.29 is 4.79 Å². The Balaban J connectivity index is 3.30. The summed E-state index contributed by atoms with van der Waals surface area (Å²) in [7, 11) is 0. The molecule has 1 N–H and O–H groups in total. The van der Waals surface area contributed by atoms with Gasteiger partial charge in [0.05, 0.1) is 6.54 Å². The second-order valence-electron chi connectivity index (χ2n) is 2.28. The minimum atomic E-state index is 0.147. The molecule has 0 unspecified atom stereocenters. The number of carbonyl (C=O) groups excluding carboxylic acids is 1. The predicted molar refractivity (Wildman–Crippen MR) is 47.3 cm³/mol. The fourth-order valence-corrected chi connectivity index (χ4v) is 0.541. The molecule has 0 rings (SSSR count). The van der Waals surface area contributed by atoms with Crippen LogP contribution in [0.25, 0.3) is 0 Å². The summed E-state index contributed by atoms with van der Waals surface area (Å²) in [5.41, 5.74) is 0. The third-order valence-corrected chi connectivity index (χ3v) is 1.05. The van der Waals surface area contributed by atoms with E-state index in [1.165, 1.54) is 0 Å². The van der Waals surface area contributed by atoms with E-state index >= 15 is 0 Å². The molecule has 0 radical (unpaired) electrons. The van der Waals surface area contributed by atoms with Crippen LogP contribution in [0.15, 0.2) is 24.4 Å². The van der Waals surface area contributed by atoms with E-state index in [-0.39, 0.29) is 5.78 Å². The van der Waals surface area contributed by atoms with E-state index in [9.17, 15) is 4.79 Å². The van der Waals surface area contributed by atoms with E-state index < -0.39 is 0 Å². The molecule has 0 saturated heterocycles. The van der Waals surface area contributed by atoms with Gasteiger partial charge in [-0.3, -0.25) is 4.79 Å². The molecule has 0 bridgehead atoms. The SMILES string of the molecule is CC/C=C\C=C/NCC(C)=O. The van der Waals surface area contributed by atoms with Crippen molar-refractivity contribution in [2.75, 3.05) is 6.54 Å². The number of hydrogen-bond acceptors (Lipinski definition) is 2. The first-order chi connectivity index (χ1) is 5.27. The number of hydrogen-bond donors (Lipinski definition) is 1. The summed E-state index contributed by atoms with van der Waals surface area (Å²) in [4.78, 5) is 10.4. The summed E-state index contributed by atoms with van der Waals surface area (Å²) in [5.74, 6) is 0.147. The standard InChI is InChI=1S/C9H15NO/c1-3-4-5-6-7-10-8-9(2)11/h4-7,10H,3,8H2,1-2H3/b5-4-,7-6-. The lowest BCUT2D eigenvalue weighted by Gasteiger charge is -1.91. The van der Waals surface area contributed by atoms with Gasteiger partial charge in [-0.05, 0) is 25.6 Å². The highest BCUT2D eigenvalue weighted by atomic mass is 16.1. The van der Waals surface area contributed by atoms with Crippen molar-refractivity contribution in [3.8, 4) is 0 Å². The number of rotatable bonds is 5. The Morgan fingerprint density at radius 3 is 2.73 bits per heavy atom. The Labute approximate surface area is 68.0 Å². The monoisotopic (exact) mass is 153 g/mol. The van der Waals surface area contributed by atoms with Crippen LogP contribution in [0, 0.1) is 0 Å². The molecular weight excluding hydrogens is 138 g/mol. The van der Waals surface area contributed by atoms with Gasteiger partial charge in [0.15, 0.2) is 0 Å². The first-order valence-electron chi connectivity index (χ1n) is 3.82. The molecule has 0 amide bonds. The van der Waals surface area contributed by atoms with Crippen molar-refractivity contribution in [2.45, 2.75) is 20.3 Å². The van der Waals surface area contributed by atoms with Crippen LogP contribution >= 0.6 is 0 Å². The Morgan fingerprint density at radius 1 is 1.45 bits per heavy atom. The highest BCUT2D eigenvalue weighted by molar-refractivity contribution is 5.77. The van der Waals surface area contributed by atoms with Gasteiger partial charge in [-0.2, -0.15) is 0 Å². The van der Waals surface area contributed by atoms with Gasteiger partial charge < -0.3 is 5.32 Å². The molecule has 0 spiro atoms.